The fourth-order valence-corrected chi connectivity index (χ4v) is 6.35. The molecule has 0 saturated carbocycles. The zero-order chi connectivity index (χ0) is 30.0. The number of carbonyl (C=O) groups is 2. The van der Waals surface area contributed by atoms with Crippen LogP contribution >= 0.6 is 0 Å². The number of unbranched alkanes of at least 4 members (excludes halogenated alkanes) is 1. The number of ether oxygens (including phenoxy) is 2. The third-order valence-electron chi connectivity index (χ3n) is 8.63. The lowest BCUT2D eigenvalue weighted by atomic mass is 9.81. The van der Waals surface area contributed by atoms with Crippen LogP contribution in [0.3, 0.4) is 0 Å². The molecule has 44 heavy (non-hydrogen) atoms. The van der Waals surface area contributed by atoms with E-state index in [1.165, 1.54) is 0 Å². The number of amides is 1. The maximum Gasteiger partial charge on any atom is 0.256 e. The van der Waals surface area contributed by atoms with E-state index < -0.39 is 0 Å². The van der Waals surface area contributed by atoms with Crippen molar-refractivity contribution in [1.29, 1.82) is 0 Å². The first kappa shape index (κ1) is 27.8. The molecule has 6 nitrogen and oxygen atoms in total. The van der Waals surface area contributed by atoms with Gasteiger partial charge in [0.15, 0.2) is 5.78 Å². The van der Waals surface area contributed by atoms with E-state index in [2.05, 4.69) is 17.1 Å². The largest absolute Gasteiger partial charge is 0.494 e. The zero-order valence-corrected chi connectivity index (χ0v) is 24.8. The molecule has 3 aliphatic rings. The summed E-state index contributed by atoms with van der Waals surface area (Å²) in [7, 11) is 0. The molecular weight excluding hydrogens is 548 g/mol. The topological polar surface area (TPSA) is 68.2 Å². The fraction of sp³-hybridized carbons (Fsp3) is 0.237. The molecule has 4 aromatic carbocycles. The number of fused-ring (bicyclic) bond motifs is 4. The molecule has 4 aromatic rings. The number of benzene rings is 4. The maximum atomic E-state index is 13.1. The lowest BCUT2D eigenvalue weighted by molar-refractivity contribution is 0.0774. The Balaban J connectivity index is 0.968. The van der Waals surface area contributed by atoms with E-state index >= 15 is 0 Å². The van der Waals surface area contributed by atoms with Gasteiger partial charge in [-0.3, -0.25) is 14.6 Å². The average molecular weight is 583 g/mol. The normalized spacial score (nSPS) is 16.5. The highest BCUT2D eigenvalue weighted by Crippen LogP contribution is 2.37. The number of aryl methyl sites for hydroxylation is 1. The molecule has 1 saturated heterocycles. The molecule has 0 spiro atoms. The smallest absolute Gasteiger partial charge is 0.256 e. The van der Waals surface area contributed by atoms with E-state index in [0.717, 1.165) is 82.7 Å². The Bertz CT molecular complexity index is 1770. The van der Waals surface area contributed by atoms with E-state index in [9.17, 15) is 9.59 Å². The summed E-state index contributed by atoms with van der Waals surface area (Å²) >= 11 is 0. The number of hydrogen-bond acceptors (Lipinski definition) is 5. The minimum atomic E-state index is 0.0653. The Labute approximate surface area is 257 Å². The van der Waals surface area contributed by atoms with Crippen molar-refractivity contribution in [2.75, 3.05) is 19.8 Å². The summed E-state index contributed by atoms with van der Waals surface area (Å²) < 4.78 is 12.2. The molecule has 1 aliphatic carbocycles. The monoisotopic (exact) mass is 582 g/mol. The van der Waals surface area contributed by atoms with Gasteiger partial charge in [0.1, 0.15) is 11.5 Å². The van der Waals surface area contributed by atoms with Crippen molar-refractivity contribution in [2.24, 2.45) is 4.99 Å². The van der Waals surface area contributed by atoms with Gasteiger partial charge in [-0.15, -0.1) is 0 Å². The van der Waals surface area contributed by atoms with E-state index in [1.54, 1.807) is 0 Å². The minimum absolute atomic E-state index is 0.0653. The van der Waals surface area contributed by atoms with Crippen molar-refractivity contribution in [3.8, 4) is 11.5 Å². The summed E-state index contributed by atoms with van der Waals surface area (Å²) in [5.41, 5.74) is 7.71. The maximum absolute atomic E-state index is 13.1. The van der Waals surface area contributed by atoms with Crippen molar-refractivity contribution in [3.05, 3.63) is 124 Å². The van der Waals surface area contributed by atoms with E-state index in [1.807, 2.05) is 96.9 Å². The van der Waals surface area contributed by atoms with Gasteiger partial charge in [0.2, 0.25) is 0 Å². The van der Waals surface area contributed by atoms with Crippen LogP contribution < -0.4 is 9.47 Å². The number of aliphatic imine (C=N–C) groups is 1. The minimum Gasteiger partial charge on any atom is -0.494 e. The van der Waals surface area contributed by atoms with Gasteiger partial charge >= 0.3 is 0 Å². The first-order chi connectivity index (χ1) is 21.6. The summed E-state index contributed by atoms with van der Waals surface area (Å²) in [6.45, 7) is 3.90. The van der Waals surface area contributed by atoms with E-state index in [-0.39, 0.29) is 17.7 Å². The highest BCUT2D eigenvalue weighted by atomic mass is 16.5. The number of hydrogen-bond donors (Lipinski definition) is 0. The quantitative estimate of drug-likeness (QED) is 0.176. The van der Waals surface area contributed by atoms with Gasteiger partial charge in [-0.2, -0.15) is 0 Å². The van der Waals surface area contributed by atoms with E-state index in [4.69, 9.17) is 9.47 Å². The Morgan fingerprint density at radius 2 is 1.52 bits per heavy atom. The second-order valence-electron chi connectivity index (χ2n) is 11.6. The Hall–Kier alpha value is -4.97. The SMILES string of the molecule is Cc1cc2c(cc1OCCCCOc1cccc(C=C3c4ccccc4C(=O)c4ccccc43)c1)N=C[C@@H]1CCCN1C2=O. The molecule has 0 N–H and O–H groups in total. The number of carbonyl (C=O) groups excluding carboxylic acids is 2. The highest BCUT2D eigenvalue weighted by molar-refractivity contribution is 6.20. The predicted molar refractivity (Wildman–Crippen MR) is 173 cm³/mol. The molecule has 2 aliphatic heterocycles. The van der Waals surface area contributed by atoms with Crippen LogP contribution in [-0.2, 0) is 0 Å². The third kappa shape index (κ3) is 5.32. The Kier molecular flexibility index (Phi) is 7.57. The first-order valence-corrected chi connectivity index (χ1v) is 15.4. The van der Waals surface area contributed by atoms with Gasteiger partial charge in [0, 0.05) is 30.0 Å². The summed E-state index contributed by atoms with van der Waals surface area (Å²) in [5.74, 6) is 1.70. The van der Waals surface area contributed by atoms with Crippen LogP contribution in [0.15, 0.2) is 89.9 Å². The van der Waals surface area contributed by atoms with Crippen LogP contribution in [0, 0.1) is 6.92 Å². The summed E-state index contributed by atoms with van der Waals surface area (Å²) in [4.78, 5) is 32.7. The number of ketones is 1. The summed E-state index contributed by atoms with van der Waals surface area (Å²) in [6, 6.07) is 27.6. The van der Waals surface area contributed by atoms with Crippen molar-refractivity contribution >= 4 is 35.2 Å². The van der Waals surface area contributed by atoms with Crippen LogP contribution in [-0.4, -0.2) is 48.6 Å². The molecule has 6 heteroatoms. The van der Waals surface area contributed by atoms with Crippen LogP contribution in [0.25, 0.3) is 11.6 Å². The molecule has 1 amide bonds. The summed E-state index contributed by atoms with van der Waals surface area (Å²) in [6.07, 6.45) is 7.71. The first-order valence-electron chi connectivity index (χ1n) is 15.4. The molecule has 0 aromatic heterocycles. The van der Waals surface area contributed by atoms with Gasteiger partial charge in [-0.05, 0) is 84.7 Å². The molecule has 1 fully saturated rings. The van der Waals surface area contributed by atoms with Crippen LogP contribution in [0.5, 0.6) is 11.5 Å². The number of rotatable bonds is 8. The molecule has 2 heterocycles. The molecule has 220 valence electrons. The van der Waals surface area contributed by atoms with Crippen molar-refractivity contribution in [1.82, 2.24) is 4.90 Å². The molecule has 1 atom stereocenters. The lowest BCUT2D eigenvalue weighted by Gasteiger charge is -2.21. The van der Waals surface area contributed by atoms with Crippen molar-refractivity contribution in [2.45, 2.75) is 38.6 Å². The lowest BCUT2D eigenvalue weighted by Crippen LogP contribution is -2.35. The van der Waals surface area contributed by atoms with Gasteiger partial charge in [0.05, 0.1) is 30.5 Å². The fourth-order valence-electron chi connectivity index (χ4n) is 6.35. The number of nitrogens with zero attached hydrogens (tertiary/aromatic N) is 2. The van der Waals surface area contributed by atoms with Crippen molar-refractivity contribution < 1.29 is 19.1 Å². The third-order valence-corrected chi connectivity index (χ3v) is 8.63. The Morgan fingerprint density at radius 3 is 2.27 bits per heavy atom. The molecule has 0 radical (unpaired) electrons. The van der Waals surface area contributed by atoms with Gasteiger partial charge < -0.3 is 14.4 Å². The summed E-state index contributed by atoms with van der Waals surface area (Å²) in [5, 5.41) is 0. The molecule has 0 bridgehead atoms. The molecule has 0 unspecified atom stereocenters. The van der Waals surface area contributed by atoms with Crippen LogP contribution in [0.1, 0.15) is 74.2 Å². The molecular formula is C38H34N2O4. The predicted octanol–water partition coefficient (Wildman–Crippen LogP) is 7.69. The molecule has 7 rings (SSSR count). The average Bonchev–Trinajstić information content (AvgIpc) is 3.48. The van der Waals surface area contributed by atoms with Gasteiger partial charge in [-0.1, -0.05) is 60.7 Å². The van der Waals surface area contributed by atoms with Gasteiger partial charge in [0.25, 0.3) is 5.91 Å². The van der Waals surface area contributed by atoms with Crippen molar-refractivity contribution in [3.63, 3.8) is 0 Å². The van der Waals surface area contributed by atoms with Crippen LogP contribution in [0.4, 0.5) is 5.69 Å². The highest BCUT2D eigenvalue weighted by Gasteiger charge is 2.32. The second-order valence-corrected chi connectivity index (χ2v) is 11.6. The zero-order valence-electron chi connectivity index (χ0n) is 24.8. The standard InChI is InChI=1S/C38H34N2O4/c1-25-20-34-35(39-24-27-11-9-17-40(27)38(34)42)23-36(25)44-19-7-6-18-43-28-12-8-10-26(21-28)22-33-29-13-2-4-15-31(29)37(41)32-16-5-3-14-30(32)33/h2-5,8,10,12-16,20-24,27H,6-7,9,11,17-19H2,1H3/t27-/m0/s1. The van der Waals surface area contributed by atoms with E-state index in [0.29, 0.717) is 24.5 Å². The Morgan fingerprint density at radius 1 is 0.818 bits per heavy atom. The van der Waals surface area contributed by atoms with Gasteiger partial charge in [-0.25, -0.2) is 0 Å². The second kappa shape index (κ2) is 12.0. The van der Waals surface area contributed by atoms with Crippen LogP contribution in [0.2, 0.25) is 0 Å².